The fourth-order valence-electron chi connectivity index (χ4n) is 2.10. The largest absolute Gasteiger partial charge is 0.467 e. The second-order valence-electron chi connectivity index (χ2n) is 4.69. The summed E-state index contributed by atoms with van der Waals surface area (Å²) in [6.45, 7) is 3.18. The molecule has 1 rings (SSSR count). The maximum Gasteiger partial charge on any atom is 0.339 e. The summed E-state index contributed by atoms with van der Waals surface area (Å²) >= 11 is 0. The first-order valence-electron chi connectivity index (χ1n) is 6.60. The van der Waals surface area contributed by atoms with Crippen molar-refractivity contribution in [3.05, 3.63) is 0 Å². The van der Waals surface area contributed by atoms with E-state index in [0.29, 0.717) is 0 Å². The van der Waals surface area contributed by atoms with Crippen molar-refractivity contribution in [2.24, 2.45) is 0 Å². The molecule has 0 spiro atoms. The second-order valence-corrected chi connectivity index (χ2v) is 4.69. The van der Waals surface area contributed by atoms with Crippen LogP contribution in [-0.4, -0.2) is 66.8 Å². The molecule has 1 aliphatic rings. The third kappa shape index (κ3) is 4.89. The van der Waals surface area contributed by atoms with E-state index < -0.39 is 54.6 Å². The molecule has 23 heavy (non-hydrogen) atoms. The summed E-state index contributed by atoms with van der Waals surface area (Å²) in [5.41, 5.74) is 0. The van der Waals surface area contributed by atoms with E-state index in [2.05, 4.69) is 4.74 Å². The van der Waals surface area contributed by atoms with Crippen LogP contribution in [0.1, 0.15) is 20.8 Å². The molecule has 0 unspecified atom stereocenters. The van der Waals surface area contributed by atoms with Crippen molar-refractivity contribution in [2.75, 3.05) is 7.11 Å². The molecule has 0 aromatic rings. The molecule has 1 N–H and O–H groups in total. The maximum atomic E-state index is 11.8. The summed E-state index contributed by atoms with van der Waals surface area (Å²) in [6, 6.07) is 0. The predicted octanol–water partition coefficient (Wildman–Crippen LogP) is -1.33. The molecule has 10 heteroatoms. The van der Waals surface area contributed by atoms with Gasteiger partial charge in [-0.15, -0.1) is 0 Å². The van der Waals surface area contributed by atoms with E-state index in [9.17, 15) is 24.3 Å². The van der Waals surface area contributed by atoms with Crippen LogP contribution >= 0.6 is 0 Å². The van der Waals surface area contributed by atoms with Crippen LogP contribution in [-0.2, 0) is 42.9 Å². The first-order chi connectivity index (χ1) is 10.7. The van der Waals surface area contributed by atoms with Crippen molar-refractivity contribution in [3.8, 4) is 0 Å². The molecule has 5 atom stereocenters. The Labute approximate surface area is 131 Å². The number of carbonyl (C=O) groups is 4. The van der Waals surface area contributed by atoms with Gasteiger partial charge in [-0.1, -0.05) is 0 Å². The third-order valence-electron chi connectivity index (χ3n) is 2.85. The van der Waals surface area contributed by atoms with E-state index in [1.165, 1.54) is 0 Å². The Hall–Kier alpha value is -2.20. The molecule has 0 saturated carbocycles. The number of aliphatic hydroxyl groups is 1. The van der Waals surface area contributed by atoms with Crippen molar-refractivity contribution >= 4 is 23.9 Å². The zero-order valence-corrected chi connectivity index (χ0v) is 13.0. The number of aliphatic hydroxyl groups excluding tert-OH is 1. The highest BCUT2D eigenvalue weighted by Gasteiger charge is 2.54. The summed E-state index contributed by atoms with van der Waals surface area (Å²) in [5.74, 6) is -3.37. The number of rotatable bonds is 4. The summed E-state index contributed by atoms with van der Waals surface area (Å²) in [5, 5.41) is 9.93. The number of ether oxygens (including phenoxy) is 5. The Bertz CT molecular complexity index is 487. The lowest BCUT2D eigenvalue weighted by atomic mass is 9.98. The lowest BCUT2D eigenvalue weighted by Crippen LogP contribution is -2.63. The Morgan fingerprint density at radius 3 is 1.70 bits per heavy atom. The Morgan fingerprint density at radius 2 is 1.26 bits per heavy atom. The summed E-state index contributed by atoms with van der Waals surface area (Å²) in [4.78, 5) is 45.5. The minimum absolute atomic E-state index is 0.798. The van der Waals surface area contributed by atoms with E-state index in [1.54, 1.807) is 0 Å². The first-order valence-corrected chi connectivity index (χ1v) is 6.60. The van der Waals surface area contributed by atoms with Gasteiger partial charge in [-0.2, -0.15) is 0 Å². The van der Waals surface area contributed by atoms with E-state index >= 15 is 0 Å². The molecule has 0 aromatic heterocycles. The first kappa shape index (κ1) is 18.8. The summed E-state index contributed by atoms with van der Waals surface area (Å²) in [7, 11) is 1.06. The molecule has 0 bridgehead atoms. The van der Waals surface area contributed by atoms with Crippen molar-refractivity contribution in [1.29, 1.82) is 0 Å². The number of carbonyl (C=O) groups excluding carboxylic acids is 4. The van der Waals surface area contributed by atoms with Crippen LogP contribution in [0.15, 0.2) is 0 Å². The minimum Gasteiger partial charge on any atom is -0.467 e. The van der Waals surface area contributed by atoms with Crippen LogP contribution in [0.3, 0.4) is 0 Å². The van der Waals surface area contributed by atoms with Crippen molar-refractivity contribution in [1.82, 2.24) is 0 Å². The number of esters is 4. The highest BCUT2D eigenvalue weighted by molar-refractivity contribution is 5.77. The second kappa shape index (κ2) is 7.88. The zero-order chi connectivity index (χ0) is 17.7. The standard InChI is InChI=1S/C13H18O10/c1-5(14)20-8-9(21-6(2)15)11(22-7(3)16)13(18)23-10(8)12(17)19-4/h8-11,13,18H,1-4H3/t8-,9-,10+,11+,13+/m0/s1. The Balaban J connectivity index is 3.21. The number of hydrogen-bond acceptors (Lipinski definition) is 10. The van der Waals surface area contributed by atoms with Gasteiger partial charge in [0.15, 0.2) is 30.7 Å². The smallest absolute Gasteiger partial charge is 0.339 e. The van der Waals surface area contributed by atoms with Crippen LogP contribution in [0.5, 0.6) is 0 Å². The van der Waals surface area contributed by atoms with Gasteiger partial charge in [-0.3, -0.25) is 14.4 Å². The van der Waals surface area contributed by atoms with Crippen LogP contribution < -0.4 is 0 Å². The average Bonchev–Trinajstić information content (AvgIpc) is 2.43. The van der Waals surface area contributed by atoms with Crippen LogP contribution in [0.25, 0.3) is 0 Å². The van der Waals surface area contributed by atoms with Gasteiger partial charge < -0.3 is 28.8 Å². The molecule has 0 aromatic carbocycles. The molecule has 1 heterocycles. The van der Waals surface area contributed by atoms with Crippen molar-refractivity contribution in [3.63, 3.8) is 0 Å². The minimum atomic E-state index is -1.79. The van der Waals surface area contributed by atoms with Gasteiger partial charge in [0, 0.05) is 20.8 Å². The Kier molecular flexibility index (Phi) is 6.46. The van der Waals surface area contributed by atoms with Crippen molar-refractivity contribution in [2.45, 2.75) is 51.5 Å². The molecule has 0 amide bonds. The van der Waals surface area contributed by atoms with Gasteiger partial charge in [-0.25, -0.2) is 4.79 Å². The average molecular weight is 334 g/mol. The molecule has 1 fully saturated rings. The lowest BCUT2D eigenvalue weighted by Gasteiger charge is -2.41. The summed E-state index contributed by atoms with van der Waals surface area (Å²) in [6.07, 6.45) is -7.75. The van der Waals surface area contributed by atoms with Gasteiger partial charge >= 0.3 is 23.9 Å². The SMILES string of the molecule is COC(=O)[C@@H]1O[C@@H](O)[C@H](OC(C)=O)[C@@H](OC(C)=O)[C@@H]1OC(C)=O. The van der Waals surface area contributed by atoms with Crippen LogP contribution in [0.2, 0.25) is 0 Å². The highest BCUT2D eigenvalue weighted by atomic mass is 16.7. The molecule has 10 nitrogen and oxygen atoms in total. The number of methoxy groups -OCH3 is 1. The van der Waals surface area contributed by atoms with Gasteiger partial charge in [0.25, 0.3) is 0 Å². The quantitative estimate of drug-likeness (QED) is 0.486. The third-order valence-corrected chi connectivity index (χ3v) is 2.85. The molecule has 1 saturated heterocycles. The van der Waals surface area contributed by atoms with E-state index in [0.717, 1.165) is 27.9 Å². The maximum absolute atomic E-state index is 11.8. The van der Waals surface area contributed by atoms with Crippen LogP contribution in [0.4, 0.5) is 0 Å². The van der Waals surface area contributed by atoms with E-state index in [4.69, 9.17) is 18.9 Å². The molecule has 1 aliphatic heterocycles. The van der Waals surface area contributed by atoms with Gasteiger partial charge in [0.05, 0.1) is 7.11 Å². The van der Waals surface area contributed by atoms with Gasteiger partial charge in [0.1, 0.15) is 0 Å². The number of hydrogen-bond donors (Lipinski definition) is 1. The molecular formula is C13H18O10. The predicted molar refractivity (Wildman–Crippen MR) is 69.6 cm³/mol. The van der Waals surface area contributed by atoms with Crippen molar-refractivity contribution < 1.29 is 48.0 Å². The fourth-order valence-corrected chi connectivity index (χ4v) is 2.10. The zero-order valence-electron chi connectivity index (χ0n) is 13.0. The van der Waals surface area contributed by atoms with Crippen LogP contribution in [0, 0.1) is 0 Å². The summed E-state index contributed by atoms with van der Waals surface area (Å²) < 4.78 is 24.3. The van der Waals surface area contributed by atoms with E-state index in [1.807, 2.05) is 0 Å². The Morgan fingerprint density at radius 1 is 0.826 bits per heavy atom. The van der Waals surface area contributed by atoms with E-state index in [-0.39, 0.29) is 0 Å². The molecule has 0 aliphatic carbocycles. The fraction of sp³-hybridized carbons (Fsp3) is 0.692. The molecular weight excluding hydrogens is 316 g/mol. The normalized spacial score (nSPS) is 30.0. The van der Waals surface area contributed by atoms with Gasteiger partial charge in [0.2, 0.25) is 0 Å². The topological polar surface area (TPSA) is 135 Å². The highest BCUT2D eigenvalue weighted by Crippen LogP contribution is 2.28. The molecule has 130 valence electrons. The lowest BCUT2D eigenvalue weighted by molar-refractivity contribution is -0.289. The molecule has 0 radical (unpaired) electrons. The monoisotopic (exact) mass is 334 g/mol. The van der Waals surface area contributed by atoms with Gasteiger partial charge in [-0.05, 0) is 0 Å².